The Morgan fingerprint density at radius 3 is 2.74 bits per heavy atom. The van der Waals surface area contributed by atoms with Crippen molar-refractivity contribution >= 4 is 11.7 Å². The summed E-state index contributed by atoms with van der Waals surface area (Å²) >= 11 is 0. The van der Waals surface area contributed by atoms with E-state index >= 15 is 0 Å². The van der Waals surface area contributed by atoms with Crippen LogP contribution >= 0.6 is 0 Å². The molecule has 0 N–H and O–H groups in total. The normalized spacial score (nSPS) is 10.8. The summed E-state index contributed by atoms with van der Waals surface area (Å²) in [6.07, 6.45) is 1.31. The summed E-state index contributed by atoms with van der Waals surface area (Å²) in [7, 11) is 1.68. The molecule has 2 aromatic rings. The van der Waals surface area contributed by atoms with Gasteiger partial charge >= 0.3 is 0 Å². The molecule has 0 aliphatic carbocycles. The van der Waals surface area contributed by atoms with Gasteiger partial charge < -0.3 is 4.42 Å². The third-order valence-corrected chi connectivity index (χ3v) is 2.84. The smallest absolute Gasteiger partial charge is 0.281 e. The fourth-order valence-electron chi connectivity index (χ4n) is 1.80. The molecule has 0 aromatic carbocycles. The summed E-state index contributed by atoms with van der Waals surface area (Å²) in [6.45, 7) is 5.81. The van der Waals surface area contributed by atoms with Crippen LogP contribution in [0.2, 0.25) is 0 Å². The van der Waals surface area contributed by atoms with Gasteiger partial charge in [-0.2, -0.15) is 0 Å². The maximum absolute atomic E-state index is 12.4. The lowest BCUT2D eigenvalue weighted by Crippen LogP contribution is -2.28. The standard InChI is InChI=1S/C14H17N3O2/c1-9(2)13-12(15-8-19-13)14(18)17(4)11-7-5-6-10(3)16-11/h5-9H,1-4H3. The first-order valence-electron chi connectivity index (χ1n) is 6.15. The number of pyridine rings is 1. The van der Waals surface area contributed by atoms with Gasteiger partial charge in [-0.1, -0.05) is 19.9 Å². The van der Waals surface area contributed by atoms with Gasteiger partial charge in [0.1, 0.15) is 11.6 Å². The molecule has 2 rings (SSSR count). The minimum absolute atomic E-state index is 0.111. The first-order chi connectivity index (χ1) is 9.00. The number of hydrogen-bond acceptors (Lipinski definition) is 4. The largest absolute Gasteiger partial charge is 0.447 e. The molecule has 5 heteroatoms. The number of oxazole rings is 1. The highest BCUT2D eigenvalue weighted by atomic mass is 16.3. The second-order valence-electron chi connectivity index (χ2n) is 4.72. The Morgan fingerprint density at radius 2 is 2.11 bits per heavy atom. The molecule has 5 nitrogen and oxygen atoms in total. The molecule has 0 fully saturated rings. The van der Waals surface area contributed by atoms with E-state index in [1.54, 1.807) is 13.1 Å². The molecule has 0 spiro atoms. The van der Waals surface area contributed by atoms with E-state index in [4.69, 9.17) is 4.42 Å². The molecule has 19 heavy (non-hydrogen) atoms. The Bertz CT molecular complexity index is 590. The Balaban J connectivity index is 2.31. The summed E-state index contributed by atoms with van der Waals surface area (Å²) in [4.78, 5) is 22.2. The maximum Gasteiger partial charge on any atom is 0.281 e. The molecule has 2 heterocycles. The summed E-state index contributed by atoms with van der Waals surface area (Å²) < 4.78 is 5.28. The number of amides is 1. The van der Waals surface area contributed by atoms with Crippen LogP contribution < -0.4 is 4.90 Å². The second-order valence-corrected chi connectivity index (χ2v) is 4.72. The lowest BCUT2D eigenvalue weighted by atomic mass is 10.1. The molecule has 0 saturated carbocycles. The number of carbonyl (C=O) groups excluding carboxylic acids is 1. The van der Waals surface area contributed by atoms with Crippen molar-refractivity contribution in [3.63, 3.8) is 0 Å². The maximum atomic E-state index is 12.4. The van der Waals surface area contributed by atoms with Crippen molar-refractivity contribution < 1.29 is 9.21 Å². The summed E-state index contributed by atoms with van der Waals surface area (Å²) in [5, 5.41) is 0. The van der Waals surface area contributed by atoms with Crippen LogP contribution in [0.1, 0.15) is 41.7 Å². The lowest BCUT2D eigenvalue weighted by Gasteiger charge is -2.16. The SMILES string of the molecule is Cc1cccc(N(C)C(=O)c2ncoc2C(C)C)n1. The van der Waals surface area contributed by atoms with E-state index in [2.05, 4.69) is 9.97 Å². The number of nitrogens with zero attached hydrogens (tertiary/aromatic N) is 3. The Kier molecular flexibility index (Phi) is 3.64. The van der Waals surface area contributed by atoms with E-state index in [1.807, 2.05) is 32.9 Å². The van der Waals surface area contributed by atoms with Crippen molar-refractivity contribution in [1.82, 2.24) is 9.97 Å². The van der Waals surface area contributed by atoms with Gasteiger partial charge in [0.05, 0.1) is 0 Å². The average Bonchev–Trinajstić information content (AvgIpc) is 2.86. The molecular formula is C14H17N3O2. The minimum atomic E-state index is -0.212. The highest BCUT2D eigenvalue weighted by Gasteiger charge is 2.23. The summed E-state index contributed by atoms with van der Waals surface area (Å²) in [6, 6.07) is 5.55. The van der Waals surface area contributed by atoms with Crippen LogP contribution in [0.25, 0.3) is 0 Å². The molecule has 1 amide bonds. The van der Waals surface area contributed by atoms with Crippen molar-refractivity contribution in [2.75, 3.05) is 11.9 Å². The van der Waals surface area contributed by atoms with Crippen LogP contribution in [-0.2, 0) is 0 Å². The van der Waals surface area contributed by atoms with E-state index in [0.29, 0.717) is 17.3 Å². The topological polar surface area (TPSA) is 59.2 Å². The van der Waals surface area contributed by atoms with Gasteiger partial charge in [-0.25, -0.2) is 9.97 Å². The predicted octanol–water partition coefficient (Wildman–Crippen LogP) is 2.78. The highest BCUT2D eigenvalue weighted by Crippen LogP contribution is 2.21. The van der Waals surface area contributed by atoms with Crippen molar-refractivity contribution in [2.45, 2.75) is 26.7 Å². The van der Waals surface area contributed by atoms with Crippen molar-refractivity contribution in [1.29, 1.82) is 0 Å². The first-order valence-corrected chi connectivity index (χ1v) is 6.15. The number of rotatable bonds is 3. The van der Waals surface area contributed by atoms with Crippen LogP contribution in [0.15, 0.2) is 29.0 Å². The zero-order chi connectivity index (χ0) is 14.0. The van der Waals surface area contributed by atoms with Crippen LogP contribution in [0.3, 0.4) is 0 Å². The van der Waals surface area contributed by atoms with E-state index in [0.717, 1.165) is 5.69 Å². The van der Waals surface area contributed by atoms with Crippen LogP contribution in [0.4, 0.5) is 5.82 Å². The average molecular weight is 259 g/mol. The first kappa shape index (κ1) is 13.3. The van der Waals surface area contributed by atoms with Gasteiger partial charge in [-0.3, -0.25) is 9.69 Å². The van der Waals surface area contributed by atoms with Gasteiger partial charge in [0.2, 0.25) is 0 Å². The Hall–Kier alpha value is -2.17. The third-order valence-electron chi connectivity index (χ3n) is 2.84. The number of aromatic nitrogens is 2. The van der Waals surface area contributed by atoms with Gasteiger partial charge in [0, 0.05) is 18.7 Å². The van der Waals surface area contributed by atoms with Crippen LogP contribution in [-0.4, -0.2) is 22.9 Å². The summed E-state index contributed by atoms with van der Waals surface area (Å²) in [5.74, 6) is 1.10. The molecule has 0 radical (unpaired) electrons. The monoisotopic (exact) mass is 259 g/mol. The quantitative estimate of drug-likeness (QED) is 0.850. The Morgan fingerprint density at radius 1 is 1.37 bits per heavy atom. The molecule has 2 aromatic heterocycles. The van der Waals surface area contributed by atoms with E-state index in [1.165, 1.54) is 11.3 Å². The van der Waals surface area contributed by atoms with Gasteiger partial charge in [0.15, 0.2) is 12.1 Å². The fraction of sp³-hybridized carbons (Fsp3) is 0.357. The van der Waals surface area contributed by atoms with E-state index < -0.39 is 0 Å². The number of carbonyl (C=O) groups is 1. The molecular weight excluding hydrogens is 242 g/mol. The third kappa shape index (κ3) is 2.65. The number of hydrogen-bond donors (Lipinski definition) is 0. The van der Waals surface area contributed by atoms with Gasteiger partial charge in [-0.15, -0.1) is 0 Å². The van der Waals surface area contributed by atoms with E-state index in [-0.39, 0.29) is 11.8 Å². The number of aryl methyl sites for hydroxylation is 1. The molecule has 0 aliphatic heterocycles. The molecule has 100 valence electrons. The van der Waals surface area contributed by atoms with E-state index in [9.17, 15) is 4.79 Å². The van der Waals surface area contributed by atoms with Crippen molar-refractivity contribution in [3.8, 4) is 0 Å². The molecule has 0 atom stereocenters. The molecule has 0 aliphatic rings. The van der Waals surface area contributed by atoms with Gasteiger partial charge in [0.25, 0.3) is 5.91 Å². The summed E-state index contributed by atoms with van der Waals surface area (Å²) in [5.41, 5.74) is 1.21. The molecule has 0 unspecified atom stereocenters. The zero-order valence-electron chi connectivity index (χ0n) is 11.5. The molecule has 0 saturated heterocycles. The fourth-order valence-corrected chi connectivity index (χ4v) is 1.80. The van der Waals surface area contributed by atoms with Crippen molar-refractivity contribution in [3.05, 3.63) is 41.7 Å². The Labute approximate surface area is 112 Å². The number of anilines is 1. The van der Waals surface area contributed by atoms with Gasteiger partial charge in [-0.05, 0) is 19.1 Å². The highest BCUT2D eigenvalue weighted by molar-refractivity contribution is 6.04. The van der Waals surface area contributed by atoms with Crippen molar-refractivity contribution in [2.24, 2.45) is 0 Å². The predicted molar refractivity (Wildman–Crippen MR) is 72.3 cm³/mol. The van der Waals surface area contributed by atoms with Crippen LogP contribution in [0, 0.1) is 6.92 Å². The minimum Gasteiger partial charge on any atom is -0.447 e. The second kappa shape index (κ2) is 5.22. The zero-order valence-corrected chi connectivity index (χ0v) is 11.5. The lowest BCUT2D eigenvalue weighted by molar-refractivity contribution is 0.0985. The van der Waals surface area contributed by atoms with Crippen LogP contribution in [0.5, 0.6) is 0 Å². The molecule has 0 bridgehead atoms.